The fourth-order valence-electron chi connectivity index (χ4n) is 0.969. The second-order valence-electron chi connectivity index (χ2n) is 2.83. The Balaban J connectivity index is 2.17. The quantitative estimate of drug-likeness (QED) is 0.612. The molecule has 15 heavy (non-hydrogen) atoms. The highest BCUT2D eigenvalue weighted by molar-refractivity contribution is 7.98. The summed E-state index contributed by atoms with van der Waals surface area (Å²) in [7, 11) is 0. The molecule has 0 unspecified atom stereocenters. The number of primary amides is 1. The molecule has 4 nitrogen and oxygen atoms in total. The number of thioether (sulfide) groups is 1. The van der Waals surface area contributed by atoms with Crippen molar-refractivity contribution in [3.8, 4) is 0 Å². The highest BCUT2D eigenvalue weighted by Crippen LogP contribution is 2.13. The Labute approximate surface area is 97.6 Å². The van der Waals surface area contributed by atoms with Crippen molar-refractivity contribution in [3.05, 3.63) is 29.0 Å². The summed E-state index contributed by atoms with van der Waals surface area (Å²) < 4.78 is 0. The van der Waals surface area contributed by atoms with E-state index in [2.05, 4.69) is 10.3 Å². The topological polar surface area (TPSA) is 68.0 Å². The molecule has 1 aromatic rings. The first kappa shape index (κ1) is 12.1. The Kier molecular flexibility index (Phi) is 5.28. The molecule has 0 spiro atoms. The summed E-state index contributed by atoms with van der Waals surface area (Å²) in [6.07, 6.45) is 1.68. The highest BCUT2D eigenvalue weighted by Gasteiger charge is 1.96. The number of nitrogens with two attached hydrogens (primary N) is 1. The van der Waals surface area contributed by atoms with E-state index < -0.39 is 6.03 Å². The van der Waals surface area contributed by atoms with Gasteiger partial charge in [0.1, 0.15) is 5.15 Å². The summed E-state index contributed by atoms with van der Waals surface area (Å²) in [5.74, 6) is 1.67. The van der Waals surface area contributed by atoms with E-state index in [1.54, 1.807) is 18.0 Å². The Morgan fingerprint density at radius 1 is 1.67 bits per heavy atom. The molecule has 0 saturated heterocycles. The van der Waals surface area contributed by atoms with Crippen LogP contribution < -0.4 is 11.1 Å². The second-order valence-corrected chi connectivity index (χ2v) is 4.32. The first-order chi connectivity index (χ1) is 7.18. The zero-order valence-electron chi connectivity index (χ0n) is 8.07. The van der Waals surface area contributed by atoms with Crippen LogP contribution in [-0.4, -0.2) is 23.3 Å². The Morgan fingerprint density at radius 3 is 3.13 bits per heavy atom. The predicted molar refractivity (Wildman–Crippen MR) is 63.0 cm³/mol. The normalized spacial score (nSPS) is 9.93. The molecule has 1 heterocycles. The minimum atomic E-state index is -0.484. The van der Waals surface area contributed by atoms with Crippen LogP contribution in [0.2, 0.25) is 5.15 Å². The molecule has 0 fully saturated rings. The number of nitrogens with one attached hydrogen (secondary N) is 1. The van der Waals surface area contributed by atoms with Gasteiger partial charge >= 0.3 is 6.03 Å². The maximum Gasteiger partial charge on any atom is 0.312 e. The van der Waals surface area contributed by atoms with Crippen molar-refractivity contribution >= 4 is 29.4 Å². The lowest BCUT2D eigenvalue weighted by Crippen LogP contribution is -2.31. The van der Waals surface area contributed by atoms with Crippen molar-refractivity contribution in [1.29, 1.82) is 0 Å². The van der Waals surface area contributed by atoms with Crippen LogP contribution >= 0.6 is 23.4 Å². The third kappa shape index (κ3) is 5.49. The number of carbonyl (C=O) groups excluding carboxylic acids is 1. The van der Waals surface area contributed by atoms with Gasteiger partial charge in [0, 0.05) is 24.2 Å². The molecule has 0 saturated carbocycles. The number of nitrogens with zero attached hydrogens (tertiary/aromatic N) is 1. The van der Waals surface area contributed by atoms with Crippen LogP contribution in [0.3, 0.4) is 0 Å². The molecule has 0 atom stereocenters. The molecule has 0 aromatic carbocycles. The summed E-state index contributed by atoms with van der Waals surface area (Å²) >= 11 is 7.43. The van der Waals surface area contributed by atoms with Crippen LogP contribution in [0.1, 0.15) is 5.56 Å². The average Bonchev–Trinajstić information content (AvgIpc) is 2.17. The van der Waals surface area contributed by atoms with E-state index in [1.807, 2.05) is 12.1 Å². The molecule has 82 valence electrons. The van der Waals surface area contributed by atoms with Crippen LogP contribution in [0.4, 0.5) is 4.79 Å². The van der Waals surface area contributed by atoms with Gasteiger partial charge in [-0.2, -0.15) is 11.8 Å². The van der Waals surface area contributed by atoms with E-state index in [0.717, 1.165) is 17.1 Å². The number of halogens is 1. The van der Waals surface area contributed by atoms with Gasteiger partial charge in [-0.3, -0.25) is 0 Å². The van der Waals surface area contributed by atoms with Crippen molar-refractivity contribution in [2.24, 2.45) is 5.73 Å². The zero-order valence-corrected chi connectivity index (χ0v) is 9.64. The van der Waals surface area contributed by atoms with Gasteiger partial charge in [0.25, 0.3) is 0 Å². The van der Waals surface area contributed by atoms with Crippen molar-refractivity contribution in [1.82, 2.24) is 10.3 Å². The molecule has 0 radical (unpaired) electrons. The average molecular weight is 246 g/mol. The summed E-state index contributed by atoms with van der Waals surface area (Å²) in [6, 6.07) is 3.26. The van der Waals surface area contributed by atoms with Crippen molar-refractivity contribution in [2.75, 3.05) is 12.3 Å². The number of aromatic nitrogens is 1. The minimum Gasteiger partial charge on any atom is -0.352 e. The van der Waals surface area contributed by atoms with E-state index >= 15 is 0 Å². The minimum absolute atomic E-state index is 0.484. The first-order valence-corrected chi connectivity index (χ1v) is 5.93. The Hall–Kier alpha value is -0.940. The molecule has 6 heteroatoms. The largest absolute Gasteiger partial charge is 0.352 e. The number of pyridine rings is 1. The molecular weight excluding hydrogens is 234 g/mol. The zero-order chi connectivity index (χ0) is 11.1. The third-order valence-corrected chi connectivity index (χ3v) is 2.84. The number of hydrogen-bond acceptors (Lipinski definition) is 3. The van der Waals surface area contributed by atoms with E-state index in [1.165, 1.54) is 0 Å². The fraction of sp³-hybridized carbons (Fsp3) is 0.333. The molecule has 2 amide bonds. The second kappa shape index (κ2) is 6.53. The van der Waals surface area contributed by atoms with Gasteiger partial charge in [0.2, 0.25) is 0 Å². The predicted octanol–water partition coefficient (Wildman–Crippen LogP) is 1.64. The molecule has 0 aliphatic carbocycles. The van der Waals surface area contributed by atoms with Gasteiger partial charge in [-0.25, -0.2) is 9.78 Å². The number of rotatable bonds is 5. The molecule has 0 bridgehead atoms. The standard InChI is InChI=1S/C9H12ClN3OS/c10-8-5-7(1-2-12-8)6-15-4-3-13-9(11)14/h1-2,5H,3-4,6H2,(H3,11,13,14). The van der Waals surface area contributed by atoms with Crippen molar-refractivity contribution in [2.45, 2.75) is 5.75 Å². The molecule has 3 N–H and O–H groups in total. The van der Waals surface area contributed by atoms with Crippen molar-refractivity contribution < 1.29 is 4.79 Å². The van der Waals surface area contributed by atoms with Crippen LogP contribution in [0.25, 0.3) is 0 Å². The van der Waals surface area contributed by atoms with E-state index in [-0.39, 0.29) is 0 Å². The lowest BCUT2D eigenvalue weighted by molar-refractivity contribution is 0.249. The maximum absolute atomic E-state index is 10.4. The molecule has 1 aromatic heterocycles. The Bertz CT molecular complexity index is 335. The lowest BCUT2D eigenvalue weighted by atomic mass is 10.3. The SMILES string of the molecule is NC(=O)NCCSCc1ccnc(Cl)c1. The van der Waals surface area contributed by atoms with Crippen LogP contribution in [0.5, 0.6) is 0 Å². The third-order valence-electron chi connectivity index (χ3n) is 1.61. The van der Waals surface area contributed by atoms with Gasteiger partial charge in [0.05, 0.1) is 0 Å². The van der Waals surface area contributed by atoms with E-state index in [4.69, 9.17) is 17.3 Å². The Morgan fingerprint density at radius 2 is 2.47 bits per heavy atom. The number of amides is 2. The summed E-state index contributed by atoms with van der Waals surface area (Å²) in [5, 5.41) is 3.03. The molecular formula is C9H12ClN3OS. The monoisotopic (exact) mass is 245 g/mol. The van der Waals surface area contributed by atoms with E-state index in [9.17, 15) is 4.79 Å². The van der Waals surface area contributed by atoms with Crippen molar-refractivity contribution in [3.63, 3.8) is 0 Å². The fourth-order valence-corrected chi connectivity index (χ4v) is 1.97. The summed E-state index contributed by atoms with van der Waals surface area (Å²) in [4.78, 5) is 14.2. The lowest BCUT2D eigenvalue weighted by Gasteiger charge is -2.02. The van der Waals surface area contributed by atoms with Gasteiger partial charge in [-0.15, -0.1) is 0 Å². The van der Waals surface area contributed by atoms with Gasteiger partial charge in [0.15, 0.2) is 0 Å². The summed E-state index contributed by atoms with van der Waals surface area (Å²) in [6.45, 7) is 0.582. The first-order valence-electron chi connectivity index (χ1n) is 4.40. The molecule has 1 rings (SSSR count). The molecule has 0 aliphatic heterocycles. The highest BCUT2D eigenvalue weighted by atomic mass is 35.5. The van der Waals surface area contributed by atoms with Crippen LogP contribution in [0, 0.1) is 0 Å². The number of urea groups is 1. The summed E-state index contributed by atoms with van der Waals surface area (Å²) in [5.41, 5.74) is 6.04. The van der Waals surface area contributed by atoms with E-state index in [0.29, 0.717) is 11.7 Å². The van der Waals surface area contributed by atoms with Gasteiger partial charge < -0.3 is 11.1 Å². The van der Waals surface area contributed by atoms with Crippen LogP contribution in [0.15, 0.2) is 18.3 Å². The smallest absolute Gasteiger partial charge is 0.312 e. The van der Waals surface area contributed by atoms with Gasteiger partial charge in [-0.1, -0.05) is 11.6 Å². The van der Waals surface area contributed by atoms with Crippen LogP contribution in [-0.2, 0) is 5.75 Å². The molecule has 0 aliphatic rings. The number of hydrogen-bond donors (Lipinski definition) is 2. The van der Waals surface area contributed by atoms with Gasteiger partial charge in [-0.05, 0) is 17.7 Å². The maximum atomic E-state index is 10.4. The number of carbonyl (C=O) groups is 1.